The Bertz CT molecular complexity index is 734. The number of piperidine rings is 4. The van der Waals surface area contributed by atoms with Crippen molar-refractivity contribution >= 4 is 11.8 Å². The molecule has 0 N–H and O–H groups in total. The van der Waals surface area contributed by atoms with Crippen LogP contribution in [0.5, 0.6) is 0 Å². The van der Waals surface area contributed by atoms with Crippen molar-refractivity contribution < 1.29 is 9.59 Å². The van der Waals surface area contributed by atoms with Gasteiger partial charge in [-0.05, 0) is 43.9 Å². The molecule has 0 radical (unpaired) electrons. The smallest absolute Gasteiger partial charge is 0.274 e. The molecule has 5 heterocycles. The Hall–Kier alpha value is -2.02. The second-order valence-electron chi connectivity index (χ2n) is 8.94. The average Bonchev–Trinajstić information content (AvgIpc) is 2.75. The maximum atomic E-state index is 12.6. The first-order valence-electron chi connectivity index (χ1n) is 10.8. The fourth-order valence-electron chi connectivity index (χ4n) is 5.95. The van der Waals surface area contributed by atoms with E-state index in [-0.39, 0.29) is 5.91 Å². The number of nitrogens with zero attached hydrogens (tertiary/aromatic N) is 5. The van der Waals surface area contributed by atoms with E-state index in [9.17, 15) is 9.59 Å². The van der Waals surface area contributed by atoms with Crippen molar-refractivity contribution in [3.8, 4) is 0 Å². The number of hydrogen-bond acceptors (Lipinski definition) is 5. The summed E-state index contributed by atoms with van der Waals surface area (Å²) in [5.74, 6) is 1.64. The molecule has 0 saturated carbocycles. The van der Waals surface area contributed by atoms with Crippen LogP contribution in [-0.4, -0.2) is 81.3 Å². The number of amides is 2. The van der Waals surface area contributed by atoms with Crippen molar-refractivity contribution in [3.05, 3.63) is 24.3 Å². The highest BCUT2D eigenvalue weighted by molar-refractivity contribution is 5.92. The molecule has 3 atom stereocenters. The van der Waals surface area contributed by atoms with E-state index in [1.807, 2.05) is 4.90 Å². The summed E-state index contributed by atoms with van der Waals surface area (Å²) in [5, 5.41) is 0. The van der Waals surface area contributed by atoms with Gasteiger partial charge >= 0.3 is 0 Å². The molecule has 4 saturated heterocycles. The Morgan fingerprint density at radius 2 is 1.93 bits per heavy atom. The summed E-state index contributed by atoms with van der Waals surface area (Å²) in [6.07, 6.45) is 11.1. The molecule has 0 unspecified atom stereocenters. The maximum absolute atomic E-state index is 12.6. The Balaban J connectivity index is 1.20. The lowest BCUT2D eigenvalue weighted by molar-refractivity contribution is -0.145. The zero-order valence-electron chi connectivity index (χ0n) is 16.4. The van der Waals surface area contributed by atoms with E-state index in [4.69, 9.17) is 0 Å². The Labute approximate surface area is 166 Å². The topological polar surface area (TPSA) is 69.6 Å². The quantitative estimate of drug-likeness (QED) is 0.772. The van der Waals surface area contributed by atoms with E-state index in [0.717, 1.165) is 58.4 Å². The second-order valence-corrected chi connectivity index (χ2v) is 8.94. The van der Waals surface area contributed by atoms with Gasteiger partial charge in [-0.2, -0.15) is 0 Å². The lowest BCUT2D eigenvalue weighted by Gasteiger charge is -2.54. The largest absolute Gasteiger partial charge is 0.339 e. The van der Waals surface area contributed by atoms with Crippen molar-refractivity contribution in [2.45, 2.75) is 50.6 Å². The molecule has 1 aromatic rings. The van der Waals surface area contributed by atoms with Crippen LogP contribution in [0.4, 0.5) is 0 Å². The Morgan fingerprint density at radius 3 is 2.71 bits per heavy atom. The first-order valence-corrected chi connectivity index (χ1v) is 10.8. The van der Waals surface area contributed by atoms with E-state index in [2.05, 4.69) is 19.8 Å². The van der Waals surface area contributed by atoms with E-state index < -0.39 is 0 Å². The lowest BCUT2D eigenvalue weighted by atomic mass is 9.75. The number of likely N-dealkylation sites (tertiary alicyclic amines) is 2. The molecular formula is C21H29N5O2. The zero-order chi connectivity index (χ0) is 19.1. The van der Waals surface area contributed by atoms with Crippen LogP contribution in [0.2, 0.25) is 0 Å². The van der Waals surface area contributed by atoms with Gasteiger partial charge in [0.1, 0.15) is 5.69 Å². The fourth-order valence-corrected chi connectivity index (χ4v) is 5.95. The molecule has 0 spiro atoms. The van der Waals surface area contributed by atoms with Gasteiger partial charge in [0.05, 0.1) is 6.20 Å². The highest BCUT2D eigenvalue weighted by Gasteiger charge is 2.45. The van der Waals surface area contributed by atoms with Crippen LogP contribution < -0.4 is 0 Å². The zero-order valence-corrected chi connectivity index (χ0v) is 16.4. The minimum absolute atomic E-state index is 0.00146. The molecule has 0 aromatic carbocycles. The molecular weight excluding hydrogens is 354 g/mol. The third-order valence-corrected chi connectivity index (χ3v) is 7.26. The third-order valence-electron chi connectivity index (χ3n) is 7.26. The summed E-state index contributed by atoms with van der Waals surface area (Å²) in [6.45, 7) is 4.77. The molecule has 2 bridgehead atoms. The van der Waals surface area contributed by atoms with Gasteiger partial charge in [0.25, 0.3) is 5.91 Å². The molecule has 150 valence electrons. The van der Waals surface area contributed by atoms with Crippen LogP contribution in [0, 0.1) is 11.8 Å². The minimum Gasteiger partial charge on any atom is -0.339 e. The van der Waals surface area contributed by atoms with E-state index in [1.54, 1.807) is 18.6 Å². The van der Waals surface area contributed by atoms with E-state index >= 15 is 0 Å². The van der Waals surface area contributed by atoms with Crippen LogP contribution in [0.25, 0.3) is 0 Å². The van der Waals surface area contributed by atoms with Crippen LogP contribution in [0.15, 0.2) is 18.6 Å². The van der Waals surface area contributed by atoms with Crippen molar-refractivity contribution in [2.24, 2.45) is 11.8 Å². The molecule has 2 amide bonds. The fraction of sp³-hybridized carbons (Fsp3) is 0.714. The molecule has 0 aliphatic carbocycles. The number of hydrogen-bond donors (Lipinski definition) is 0. The lowest BCUT2D eigenvalue weighted by Crippen LogP contribution is -2.62. The SMILES string of the molecule is O=C(c1cnccn1)N1CCC(N2C[C@H]3C[C@H](C2)[C@H]2CCCC(=O)N2C3)CC1. The van der Waals surface area contributed by atoms with Crippen LogP contribution in [0.3, 0.4) is 0 Å². The predicted octanol–water partition coefficient (Wildman–Crippen LogP) is 1.41. The normalized spacial score (nSPS) is 31.6. The first-order chi connectivity index (χ1) is 13.7. The monoisotopic (exact) mass is 383 g/mol. The first kappa shape index (κ1) is 18.0. The predicted molar refractivity (Wildman–Crippen MR) is 103 cm³/mol. The van der Waals surface area contributed by atoms with Crippen LogP contribution >= 0.6 is 0 Å². The molecule has 4 aliphatic rings. The Morgan fingerprint density at radius 1 is 1.07 bits per heavy atom. The highest BCUT2D eigenvalue weighted by Crippen LogP contribution is 2.39. The van der Waals surface area contributed by atoms with E-state index in [1.165, 1.54) is 12.8 Å². The summed E-state index contributed by atoms with van der Waals surface area (Å²) < 4.78 is 0. The maximum Gasteiger partial charge on any atom is 0.274 e. The third kappa shape index (κ3) is 3.30. The molecule has 7 nitrogen and oxygen atoms in total. The summed E-state index contributed by atoms with van der Waals surface area (Å²) in [7, 11) is 0. The molecule has 28 heavy (non-hydrogen) atoms. The standard InChI is InChI=1S/C21H29N5O2/c27-20-3-1-2-19-16-10-15(13-26(19)20)12-25(14-16)17-4-8-24(9-5-17)21(28)18-11-22-6-7-23-18/h6-7,11,15-17,19H,1-5,8-10,12-14H2/t15-,16-,19-/m1/s1. The molecule has 7 heteroatoms. The van der Waals surface area contributed by atoms with Crippen molar-refractivity contribution in [2.75, 3.05) is 32.7 Å². The Kier molecular flexibility index (Phi) is 4.78. The summed E-state index contributed by atoms with van der Waals surface area (Å²) in [4.78, 5) is 39.9. The van der Waals surface area contributed by atoms with Gasteiger partial charge in [0.2, 0.25) is 5.91 Å². The summed E-state index contributed by atoms with van der Waals surface area (Å²) >= 11 is 0. The number of fused-ring (bicyclic) bond motifs is 4. The highest BCUT2D eigenvalue weighted by atomic mass is 16.2. The second kappa shape index (κ2) is 7.43. The minimum atomic E-state index is -0.00146. The molecule has 4 fully saturated rings. The van der Waals surface area contributed by atoms with Gasteiger partial charge in [-0.3, -0.25) is 19.5 Å². The van der Waals surface area contributed by atoms with Crippen LogP contribution in [-0.2, 0) is 4.79 Å². The van der Waals surface area contributed by atoms with Crippen LogP contribution in [0.1, 0.15) is 49.0 Å². The number of aromatic nitrogens is 2. The van der Waals surface area contributed by atoms with Crippen molar-refractivity contribution in [3.63, 3.8) is 0 Å². The number of carbonyl (C=O) groups is 2. The van der Waals surface area contributed by atoms with Gasteiger partial charge < -0.3 is 9.80 Å². The van der Waals surface area contributed by atoms with Crippen molar-refractivity contribution in [1.82, 2.24) is 24.7 Å². The van der Waals surface area contributed by atoms with E-state index in [0.29, 0.717) is 35.5 Å². The molecule has 1 aromatic heterocycles. The van der Waals surface area contributed by atoms with Gasteiger partial charge in [-0.25, -0.2) is 4.98 Å². The summed E-state index contributed by atoms with van der Waals surface area (Å²) in [5.41, 5.74) is 0.440. The average molecular weight is 383 g/mol. The van der Waals surface area contributed by atoms with Gasteiger partial charge in [-0.1, -0.05) is 0 Å². The molecule has 4 aliphatic heterocycles. The number of carbonyl (C=O) groups excluding carboxylic acids is 2. The van der Waals surface area contributed by atoms with Gasteiger partial charge in [0, 0.05) is 63.6 Å². The van der Waals surface area contributed by atoms with Gasteiger partial charge in [0.15, 0.2) is 0 Å². The van der Waals surface area contributed by atoms with Crippen molar-refractivity contribution in [1.29, 1.82) is 0 Å². The van der Waals surface area contributed by atoms with Gasteiger partial charge in [-0.15, -0.1) is 0 Å². The number of rotatable bonds is 2. The molecule has 5 rings (SSSR count). The summed E-state index contributed by atoms with van der Waals surface area (Å²) in [6, 6.07) is 1.03.